The molecule has 0 heterocycles. The average Bonchev–Trinajstić information content (AvgIpc) is 3.42. The molecule has 1 fully saturated rings. The van der Waals surface area contributed by atoms with Crippen LogP contribution < -0.4 is 15.4 Å². The standard InChI is InChI=1S/C18H15BrF2N2O3/c19-11-3-6-16(14(21)7-11)26-9-17(24)22-12-4-5-13(20)15(8-12)23-18(25)10-1-2-10/h3-8,10H,1-2,9H2,(H,22,24)(H,23,25). The minimum Gasteiger partial charge on any atom is -0.481 e. The number of halogens is 3. The molecule has 1 aliphatic rings. The van der Waals surface area contributed by atoms with Crippen molar-refractivity contribution in [2.75, 3.05) is 17.2 Å². The number of amides is 2. The lowest BCUT2D eigenvalue weighted by Crippen LogP contribution is -2.21. The van der Waals surface area contributed by atoms with E-state index in [4.69, 9.17) is 4.74 Å². The van der Waals surface area contributed by atoms with Gasteiger partial charge in [-0.3, -0.25) is 9.59 Å². The first-order valence-electron chi connectivity index (χ1n) is 7.90. The molecule has 0 unspecified atom stereocenters. The van der Waals surface area contributed by atoms with Crippen LogP contribution in [0.15, 0.2) is 40.9 Å². The summed E-state index contributed by atoms with van der Waals surface area (Å²) in [5.41, 5.74) is 0.293. The molecule has 8 heteroatoms. The Balaban J connectivity index is 1.59. The molecule has 136 valence electrons. The topological polar surface area (TPSA) is 67.4 Å². The number of anilines is 2. The molecule has 2 N–H and O–H groups in total. The van der Waals surface area contributed by atoms with E-state index in [2.05, 4.69) is 26.6 Å². The summed E-state index contributed by atoms with van der Waals surface area (Å²) >= 11 is 3.13. The van der Waals surface area contributed by atoms with Gasteiger partial charge in [0, 0.05) is 16.1 Å². The lowest BCUT2D eigenvalue weighted by Gasteiger charge is -2.11. The van der Waals surface area contributed by atoms with Gasteiger partial charge in [-0.2, -0.15) is 0 Å². The highest BCUT2D eigenvalue weighted by atomic mass is 79.9. The lowest BCUT2D eigenvalue weighted by atomic mass is 10.2. The van der Waals surface area contributed by atoms with E-state index in [9.17, 15) is 18.4 Å². The number of hydrogen-bond donors (Lipinski definition) is 2. The lowest BCUT2D eigenvalue weighted by molar-refractivity contribution is -0.118. The molecule has 0 aromatic heterocycles. The Hall–Kier alpha value is -2.48. The van der Waals surface area contributed by atoms with Crippen molar-refractivity contribution in [2.45, 2.75) is 12.8 Å². The van der Waals surface area contributed by atoms with E-state index >= 15 is 0 Å². The van der Waals surface area contributed by atoms with E-state index in [1.807, 2.05) is 0 Å². The molecular weight excluding hydrogens is 410 g/mol. The largest absolute Gasteiger partial charge is 0.481 e. The fourth-order valence-electron chi connectivity index (χ4n) is 2.21. The van der Waals surface area contributed by atoms with Crippen molar-refractivity contribution in [1.82, 2.24) is 0 Å². The van der Waals surface area contributed by atoms with E-state index in [-0.39, 0.29) is 23.3 Å². The zero-order valence-corrected chi connectivity index (χ0v) is 15.1. The zero-order chi connectivity index (χ0) is 18.7. The smallest absolute Gasteiger partial charge is 0.262 e. The Morgan fingerprint density at radius 3 is 2.54 bits per heavy atom. The van der Waals surface area contributed by atoms with Gasteiger partial charge in [-0.15, -0.1) is 0 Å². The van der Waals surface area contributed by atoms with Crippen LogP contribution in [0.2, 0.25) is 0 Å². The fraction of sp³-hybridized carbons (Fsp3) is 0.222. The van der Waals surface area contributed by atoms with E-state index in [0.29, 0.717) is 10.2 Å². The molecule has 0 bridgehead atoms. The summed E-state index contributed by atoms with van der Waals surface area (Å²) in [4.78, 5) is 23.7. The SMILES string of the molecule is O=C(COc1ccc(Br)cc1F)Nc1ccc(F)c(NC(=O)C2CC2)c1. The number of carbonyl (C=O) groups excluding carboxylic acids is 2. The Morgan fingerprint density at radius 1 is 1.08 bits per heavy atom. The highest BCUT2D eigenvalue weighted by Gasteiger charge is 2.30. The summed E-state index contributed by atoms with van der Waals surface area (Å²) in [6.07, 6.45) is 1.60. The third-order valence-electron chi connectivity index (χ3n) is 3.71. The summed E-state index contributed by atoms with van der Waals surface area (Å²) in [6, 6.07) is 8.05. The minimum absolute atomic E-state index is 0.000396. The third kappa shape index (κ3) is 4.78. The van der Waals surface area contributed by atoms with Crippen LogP contribution in [0.25, 0.3) is 0 Å². The number of hydrogen-bond acceptors (Lipinski definition) is 3. The van der Waals surface area contributed by atoms with Gasteiger partial charge in [0.2, 0.25) is 5.91 Å². The van der Waals surface area contributed by atoms with Crippen LogP contribution in [0, 0.1) is 17.6 Å². The molecule has 26 heavy (non-hydrogen) atoms. The molecule has 1 aliphatic carbocycles. The van der Waals surface area contributed by atoms with Gasteiger partial charge in [-0.25, -0.2) is 8.78 Å². The highest BCUT2D eigenvalue weighted by molar-refractivity contribution is 9.10. The maximum absolute atomic E-state index is 13.8. The van der Waals surface area contributed by atoms with Crippen molar-refractivity contribution in [3.63, 3.8) is 0 Å². The minimum atomic E-state index is -0.598. The van der Waals surface area contributed by atoms with E-state index in [1.165, 1.54) is 24.3 Å². The van der Waals surface area contributed by atoms with Gasteiger partial charge in [0.15, 0.2) is 18.2 Å². The van der Waals surface area contributed by atoms with Crippen LogP contribution in [-0.4, -0.2) is 18.4 Å². The molecule has 2 aromatic carbocycles. The predicted molar refractivity (Wildman–Crippen MR) is 96.0 cm³/mol. The number of nitrogens with one attached hydrogen (secondary N) is 2. The van der Waals surface area contributed by atoms with Gasteiger partial charge in [0.1, 0.15) is 5.82 Å². The molecule has 5 nitrogen and oxygen atoms in total. The van der Waals surface area contributed by atoms with E-state index < -0.39 is 24.1 Å². The normalized spacial score (nSPS) is 13.2. The number of carbonyl (C=O) groups is 2. The molecular formula is C18H15BrF2N2O3. The second kappa shape index (κ2) is 7.82. The molecule has 0 aliphatic heterocycles. The summed E-state index contributed by atoms with van der Waals surface area (Å²) in [5.74, 6) is -2.09. The Labute approximate surface area is 156 Å². The molecule has 3 rings (SSSR count). The summed E-state index contributed by atoms with van der Waals surface area (Å²) in [6.45, 7) is -0.417. The van der Waals surface area contributed by atoms with Crippen molar-refractivity contribution < 1.29 is 23.1 Å². The van der Waals surface area contributed by atoms with Crippen LogP contribution in [0.3, 0.4) is 0 Å². The molecule has 1 saturated carbocycles. The molecule has 0 atom stereocenters. The van der Waals surface area contributed by atoms with Gasteiger partial charge >= 0.3 is 0 Å². The van der Waals surface area contributed by atoms with Crippen molar-refractivity contribution in [2.24, 2.45) is 5.92 Å². The van der Waals surface area contributed by atoms with Gasteiger partial charge in [0.25, 0.3) is 5.91 Å². The maximum Gasteiger partial charge on any atom is 0.262 e. The van der Waals surface area contributed by atoms with Crippen LogP contribution in [0.1, 0.15) is 12.8 Å². The van der Waals surface area contributed by atoms with Crippen LogP contribution in [-0.2, 0) is 9.59 Å². The Kier molecular flexibility index (Phi) is 5.51. The first kappa shape index (κ1) is 18.3. The third-order valence-corrected chi connectivity index (χ3v) is 4.20. The van der Waals surface area contributed by atoms with Crippen molar-refractivity contribution in [1.29, 1.82) is 0 Å². The van der Waals surface area contributed by atoms with E-state index in [1.54, 1.807) is 6.07 Å². The zero-order valence-electron chi connectivity index (χ0n) is 13.5. The summed E-state index contributed by atoms with van der Waals surface area (Å²) in [7, 11) is 0. The van der Waals surface area contributed by atoms with Crippen molar-refractivity contribution >= 4 is 39.1 Å². The maximum atomic E-state index is 13.8. The number of rotatable bonds is 6. The molecule has 0 spiro atoms. The van der Waals surface area contributed by atoms with Crippen LogP contribution in [0.4, 0.5) is 20.2 Å². The molecule has 2 amide bonds. The van der Waals surface area contributed by atoms with Crippen molar-refractivity contribution in [3.8, 4) is 5.75 Å². The second-order valence-electron chi connectivity index (χ2n) is 5.87. The van der Waals surface area contributed by atoms with Gasteiger partial charge in [-0.05, 0) is 49.2 Å². The molecule has 0 radical (unpaired) electrons. The fourth-order valence-corrected chi connectivity index (χ4v) is 2.54. The van der Waals surface area contributed by atoms with Crippen LogP contribution >= 0.6 is 15.9 Å². The number of ether oxygens (including phenoxy) is 1. The first-order valence-corrected chi connectivity index (χ1v) is 8.70. The first-order chi connectivity index (χ1) is 12.4. The summed E-state index contributed by atoms with van der Waals surface area (Å²) in [5, 5.41) is 5.02. The van der Waals surface area contributed by atoms with Gasteiger partial charge in [-0.1, -0.05) is 15.9 Å². The second-order valence-corrected chi connectivity index (χ2v) is 6.79. The van der Waals surface area contributed by atoms with Gasteiger partial charge in [0.05, 0.1) is 5.69 Å². The Morgan fingerprint density at radius 2 is 1.85 bits per heavy atom. The monoisotopic (exact) mass is 424 g/mol. The number of benzene rings is 2. The average molecular weight is 425 g/mol. The van der Waals surface area contributed by atoms with E-state index in [0.717, 1.165) is 18.9 Å². The van der Waals surface area contributed by atoms with Crippen molar-refractivity contribution in [3.05, 3.63) is 52.5 Å². The predicted octanol–water partition coefficient (Wildman–Crippen LogP) is 4.09. The summed E-state index contributed by atoms with van der Waals surface area (Å²) < 4.78 is 33.1. The van der Waals surface area contributed by atoms with Gasteiger partial charge < -0.3 is 15.4 Å². The highest BCUT2D eigenvalue weighted by Crippen LogP contribution is 2.31. The quantitative estimate of drug-likeness (QED) is 0.733. The molecule has 0 saturated heterocycles. The Bertz CT molecular complexity index is 856. The van der Waals surface area contributed by atoms with Crippen LogP contribution in [0.5, 0.6) is 5.75 Å². The molecule has 2 aromatic rings.